The fourth-order valence-electron chi connectivity index (χ4n) is 2.39. The number of anilines is 3. The summed E-state index contributed by atoms with van der Waals surface area (Å²) in [6.45, 7) is 0. The van der Waals surface area contributed by atoms with Crippen molar-refractivity contribution in [2.45, 2.75) is 0 Å². The zero-order valence-electron chi connectivity index (χ0n) is 15.5. The number of amides is 1. The van der Waals surface area contributed by atoms with Crippen LogP contribution >= 0.6 is 23.8 Å². The molecule has 0 spiro atoms. The summed E-state index contributed by atoms with van der Waals surface area (Å²) in [5.74, 6) is 1.53. The average Bonchev–Trinajstić information content (AvgIpc) is 3.23. The number of pyridine rings is 1. The van der Waals surface area contributed by atoms with Gasteiger partial charge in [0.2, 0.25) is 0 Å². The topological polar surface area (TPSA) is 97.7 Å². The quantitative estimate of drug-likeness (QED) is 0.493. The molecular weight excluding hydrogens is 416 g/mol. The molecule has 0 saturated carbocycles. The van der Waals surface area contributed by atoms with Crippen molar-refractivity contribution in [2.75, 3.05) is 30.2 Å². The lowest BCUT2D eigenvalue weighted by atomic mass is 10.2. The van der Waals surface area contributed by atoms with E-state index < -0.39 is 5.91 Å². The number of benzene rings is 1. The highest BCUT2D eigenvalue weighted by molar-refractivity contribution is 7.80. The van der Waals surface area contributed by atoms with E-state index in [0.29, 0.717) is 33.8 Å². The van der Waals surface area contributed by atoms with Gasteiger partial charge in [0.25, 0.3) is 5.91 Å². The number of aromatic nitrogens is 1. The molecule has 10 heteroatoms. The Labute approximate surface area is 177 Å². The van der Waals surface area contributed by atoms with Gasteiger partial charge in [-0.25, -0.2) is 4.98 Å². The van der Waals surface area contributed by atoms with Gasteiger partial charge in [0.15, 0.2) is 10.9 Å². The van der Waals surface area contributed by atoms with Crippen LogP contribution in [0.3, 0.4) is 0 Å². The first-order valence-corrected chi connectivity index (χ1v) is 9.10. The van der Waals surface area contributed by atoms with Crippen LogP contribution in [0, 0.1) is 0 Å². The third-order valence-corrected chi connectivity index (χ3v) is 4.20. The predicted molar refractivity (Wildman–Crippen MR) is 115 cm³/mol. The fraction of sp³-hybridized carbons (Fsp3) is 0.105. The molecule has 0 fully saturated rings. The molecule has 2 aromatic heterocycles. The van der Waals surface area contributed by atoms with E-state index in [0.717, 1.165) is 0 Å². The van der Waals surface area contributed by atoms with Crippen molar-refractivity contribution in [1.29, 1.82) is 0 Å². The minimum Gasteiger partial charge on any atom is -0.495 e. The van der Waals surface area contributed by atoms with E-state index in [1.807, 2.05) is 0 Å². The SMILES string of the molecule is COc1cc(OC)c(NC(=S)Nc2cccc(NC(=O)c3ccco3)n2)cc1Cl. The van der Waals surface area contributed by atoms with Gasteiger partial charge in [0, 0.05) is 6.07 Å². The number of hydrogen-bond acceptors (Lipinski definition) is 6. The Morgan fingerprint density at radius 2 is 1.76 bits per heavy atom. The summed E-state index contributed by atoms with van der Waals surface area (Å²) < 4.78 is 15.6. The van der Waals surface area contributed by atoms with Crippen LogP contribution in [0.1, 0.15) is 10.6 Å². The van der Waals surface area contributed by atoms with Gasteiger partial charge < -0.3 is 29.8 Å². The normalized spacial score (nSPS) is 10.2. The lowest BCUT2D eigenvalue weighted by Gasteiger charge is -2.15. The molecule has 0 atom stereocenters. The zero-order valence-corrected chi connectivity index (χ0v) is 17.1. The van der Waals surface area contributed by atoms with E-state index in [-0.39, 0.29) is 10.9 Å². The maximum Gasteiger partial charge on any atom is 0.292 e. The van der Waals surface area contributed by atoms with E-state index in [1.54, 1.807) is 42.5 Å². The summed E-state index contributed by atoms with van der Waals surface area (Å²) in [5, 5.41) is 9.25. The Balaban J connectivity index is 1.68. The number of halogens is 1. The van der Waals surface area contributed by atoms with Crippen LogP contribution in [0.15, 0.2) is 53.1 Å². The van der Waals surface area contributed by atoms with Crippen molar-refractivity contribution >= 4 is 52.2 Å². The van der Waals surface area contributed by atoms with Crippen LogP contribution in [-0.2, 0) is 0 Å². The second-order valence-electron chi connectivity index (χ2n) is 5.61. The summed E-state index contributed by atoms with van der Waals surface area (Å²) in [6, 6.07) is 11.6. The van der Waals surface area contributed by atoms with Gasteiger partial charge in [-0.3, -0.25) is 4.79 Å². The van der Waals surface area contributed by atoms with Crippen LogP contribution < -0.4 is 25.4 Å². The van der Waals surface area contributed by atoms with Gasteiger partial charge in [0.05, 0.1) is 31.2 Å². The van der Waals surface area contributed by atoms with E-state index in [2.05, 4.69) is 20.9 Å². The van der Waals surface area contributed by atoms with E-state index in [4.69, 9.17) is 37.7 Å². The third-order valence-electron chi connectivity index (χ3n) is 3.70. The monoisotopic (exact) mass is 432 g/mol. The first kappa shape index (κ1) is 20.4. The predicted octanol–water partition coefficient (Wildman–Crippen LogP) is 4.41. The summed E-state index contributed by atoms with van der Waals surface area (Å²) >= 11 is 11.5. The molecule has 0 radical (unpaired) electrons. The highest BCUT2D eigenvalue weighted by Crippen LogP contribution is 2.35. The highest BCUT2D eigenvalue weighted by atomic mass is 35.5. The smallest absolute Gasteiger partial charge is 0.292 e. The molecule has 8 nitrogen and oxygen atoms in total. The van der Waals surface area contributed by atoms with Crippen molar-refractivity contribution in [2.24, 2.45) is 0 Å². The van der Waals surface area contributed by atoms with Gasteiger partial charge in [-0.2, -0.15) is 0 Å². The molecule has 1 amide bonds. The van der Waals surface area contributed by atoms with Gasteiger partial charge in [0.1, 0.15) is 23.1 Å². The summed E-state index contributed by atoms with van der Waals surface area (Å²) in [5.41, 5.74) is 0.554. The van der Waals surface area contributed by atoms with Crippen LogP contribution in [0.4, 0.5) is 17.3 Å². The lowest BCUT2D eigenvalue weighted by Crippen LogP contribution is -2.20. The molecule has 0 aliphatic rings. The number of nitrogens with one attached hydrogen (secondary N) is 3. The van der Waals surface area contributed by atoms with Crippen LogP contribution in [-0.4, -0.2) is 30.2 Å². The number of carbonyl (C=O) groups excluding carboxylic acids is 1. The van der Waals surface area contributed by atoms with Crippen LogP contribution in [0.25, 0.3) is 0 Å². The van der Waals surface area contributed by atoms with E-state index in [9.17, 15) is 4.79 Å². The van der Waals surface area contributed by atoms with Gasteiger partial charge in [-0.1, -0.05) is 17.7 Å². The van der Waals surface area contributed by atoms with Crippen molar-refractivity contribution < 1.29 is 18.7 Å². The Morgan fingerprint density at radius 3 is 2.41 bits per heavy atom. The number of furan rings is 1. The number of thiocarbonyl (C=S) groups is 1. The minimum atomic E-state index is -0.405. The molecule has 29 heavy (non-hydrogen) atoms. The molecule has 1 aromatic carbocycles. The largest absolute Gasteiger partial charge is 0.495 e. The summed E-state index contributed by atoms with van der Waals surface area (Å²) in [4.78, 5) is 16.4. The molecule has 0 aliphatic carbocycles. The molecule has 2 heterocycles. The maximum atomic E-state index is 12.1. The molecule has 0 saturated heterocycles. The number of rotatable bonds is 6. The first-order chi connectivity index (χ1) is 14.0. The Hall–Kier alpha value is -3.30. The molecule has 150 valence electrons. The van der Waals surface area contributed by atoms with Gasteiger partial charge in [-0.15, -0.1) is 0 Å². The molecule has 0 aliphatic heterocycles. The average molecular weight is 433 g/mol. The van der Waals surface area contributed by atoms with E-state index >= 15 is 0 Å². The molecule has 0 unspecified atom stereocenters. The molecule has 0 bridgehead atoms. The van der Waals surface area contributed by atoms with Gasteiger partial charge >= 0.3 is 0 Å². The fourth-order valence-corrected chi connectivity index (χ4v) is 2.84. The van der Waals surface area contributed by atoms with Gasteiger partial charge in [-0.05, 0) is 42.5 Å². The standard InChI is InChI=1S/C19H17ClN4O4S/c1-26-14-10-15(27-2)12(9-11(14)20)21-19(29)24-17-7-3-6-16(22-17)23-18(25)13-5-4-8-28-13/h3-10H,1-2H3,(H3,21,22,23,24,25,29). The number of methoxy groups -OCH3 is 2. The number of carbonyl (C=O) groups is 1. The summed E-state index contributed by atoms with van der Waals surface area (Å²) in [6.07, 6.45) is 1.42. The number of hydrogen-bond donors (Lipinski definition) is 3. The van der Waals surface area contributed by atoms with Crippen molar-refractivity contribution in [3.8, 4) is 11.5 Å². The van der Waals surface area contributed by atoms with Crippen molar-refractivity contribution in [3.05, 3.63) is 59.5 Å². The number of ether oxygens (including phenoxy) is 2. The van der Waals surface area contributed by atoms with Crippen LogP contribution in [0.2, 0.25) is 5.02 Å². The Morgan fingerprint density at radius 1 is 1.03 bits per heavy atom. The first-order valence-electron chi connectivity index (χ1n) is 8.31. The molecular formula is C19H17ClN4O4S. The molecule has 3 N–H and O–H groups in total. The minimum absolute atomic E-state index is 0.186. The van der Waals surface area contributed by atoms with Crippen molar-refractivity contribution in [1.82, 2.24) is 4.98 Å². The lowest BCUT2D eigenvalue weighted by molar-refractivity contribution is 0.0996. The Kier molecular flexibility index (Phi) is 6.53. The number of nitrogens with zero attached hydrogens (tertiary/aromatic N) is 1. The van der Waals surface area contributed by atoms with Crippen molar-refractivity contribution in [3.63, 3.8) is 0 Å². The third kappa shape index (κ3) is 5.15. The Bertz CT molecular complexity index is 1030. The maximum absolute atomic E-state index is 12.1. The van der Waals surface area contributed by atoms with Crippen LogP contribution in [0.5, 0.6) is 11.5 Å². The van der Waals surface area contributed by atoms with E-state index in [1.165, 1.54) is 20.5 Å². The second kappa shape index (κ2) is 9.26. The molecule has 3 rings (SSSR count). The zero-order chi connectivity index (χ0) is 20.8. The second-order valence-corrected chi connectivity index (χ2v) is 6.42. The highest BCUT2D eigenvalue weighted by Gasteiger charge is 2.12. The molecule has 3 aromatic rings. The summed E-state index contributed by atoms with van der Waals surface area (Å²) in [7, 11) is 3.04.